The monoisotopic (exact) mass is 295 g/mol. The maximum atomic E-state index is 13.0. The summed E-state index contributed by atoms with van der Waals surface area (Å²) in [5.41, 5.74) is 0.212. The van der Waals surface area contributed by atoms with Crippen molar-refractivity contribution in [1.82, 2.24) is 15.1 Å². The predicted octanol–water partition coefficient (Wildman–Crippen LogP) is 1.36. The van der Waals surface area contributed by atoms with Gasteiger partial charge in [-0.25, -0.2) is 17.2 Å². The van der Waals surface area contributed by atoms with Crippen LogP contribution in [0.5, 0.6) is 0 Å². The standard InChI is InChI=1S/C11H19F2N3O2S/c1-3-4-14-7-9-8-15-16(10(9)11(12)13)5-6-19(2,17)18/h8,11,14H,3-7H2,1-2H3. The molecular formula is C11H19F2N3O2S. The Balaban J connectivity index is 2.81. The molecule has 8 heteroatoms. The molecule has 1 aromatic rings. The molecule has 0 fully saturated rings. The second kappa shape index (κ2) is 6.95. The smallest absolute Gasteiger partial charge is 0.280 e. The van der Waals surface area contributed by atoms with E-state index >= 15 is 0 Å². The molecule has 0 aliphatic heterocycles. The number of halogens is 2. The molecule has 0 atom stereocenters. The van der Waals surface area contributed by atoms with Crippen molar-refractivity contribution in [2.45, 2.75) is 32.9 Å². The fraction of sp³-hybridized carbons (Fsp3) is 0.727. The quantitative estimate of drug-likeness (QED) is 0.736. The SMILES string of the molecule is CCCNCc1cnn(CCS(C)(=O)=O)c1C(F)F. The Kier molecular flexibility index (Phi) is 5.86. The molecule has 1 rings (SSSR count). The highest BCUT2D eigenvalue weighted by molar-refractivity contribution is 7.90. The van der Waals surface area contributed by atoms with Crippen molar-refractivity contribution in [2.24, 2.45) is 0 Å². The van der Waals surface area contributed by atoms with E-state index in [2.05, 4.69) is 10.4 Å². The molecule has 0 radical (unpaired) electrons. The van der Waals surface area contributed by atoms with Crippen LogP contribution in [0.1, 0.15) is 31.0 Å². The number of rotatable bonds is 8. The minimum absolute atomic E-state index is 0.0493. The number of aryl methyl sites for hydroxylation is 1. The number of nitrogens with zero attached hydrogens (tertiary/aromatic N) is 2. The Labute approximate surface area is 111 Å². The fourth-order valence-electron chi connectivity index (χ4n) is 1.65. The lowest BCUT2D eigenvalue weighted by Gasteiger charge is -2.09. The minimum atomic E-state index is -3.20. The molecule has 0 aliphatic carbocycles. The molecular weight excluding hydrogens is 276 g/mol. The van der Waals surface area contributed by atoms with Gasteiger partial charge in [-0.1, -0.05) is 6.92 Å². The van der Waals surface area contributed by atoms with E-state index in [0.29, 0.717) is 12.1 Å². The summed E-state index contributed by atoms with van der Waals surface area (Å²) in [6.07, 6.45) is 0.682. The lowest BCUT2D eigenvalue weighted by atomic mass is 10.2. The van der Waals surface area contributed by atoms with Gasteiger partial charge in [-0.2, -0.15) is 5.10 Å². The van der Waals surface area contributed by atoms with Gasteiger partial charge in [0, 0.05) is 18.4 Å². The molecule has 1 aromatic heterocycles. The summed E-state index contributed by atoms with van der Waals surface area (Å²) in [4.78, 5) is 0. The van der Waals surface area contributed by atoms with Gasteiger partial charge in [-0.15, -0.1) is 0 Å². The van der Waals surface area contributed by atoms with E-state index in [0.717, 1.165) is 23.9 Å². The topological polar surface area (TPSA) is 64.0 Å². The fourth-order valence-corrected chi connectivity index (χ4v) is 2.16. The summed E-state index contributed by atoms with van der Waals surface area (Å²) < 4.78 is 49.2. The lowest BCUT2D eigenvalue weighted by Crippen LogP contribution is -2.17. The first-order valence-electron chi connectivity index (χ1n) is 6.06. The summed E-state index contributed by atoms with van der Waals surface area (Å²) in [5, 5.41) is 6.88. The van der Waals surface area contributed by atoms with Gasteiger partial charge in [0.15, 0.2) is 0 Å². The Morgan fingerprint density at radius 1 is 1.47 bits per heavy atom. The molecule has 0 bridgehead atoms. The third-order valence-electron chi connectivity index (χ3n) is 2.58. The number of nitrogens with one attached hydrogen (secondary N) is 1. The predicted molar refractivity (Wildman–Crippen MR) is 68.9 cm³/mol. The van der Waals surface area contributed by atoms with Crippen molar-refractivity contribution in [2.75, 3.05) is 18.6 Å². The lowest BCUT2D eigenvalue weighted by molar-refractivity contribution is 0.138. The number of sulfone groups is 1. The van der Waals surface area contributed by atoms with Gasteiger partial charge >= 0.3 is 0 Å². The summed E-state index contributed by atoms with van der Waals surface area (Å²) in [6, 6.07) is 0. The van der Waals surface area contributed by atoms with Crippen molar-refractivity contribution in [3.63, 3.8) is 0 Å². The van der Waals surface area contributed by atoms with Crippen LogP contribution in [0.3, 0.4) is 0 Å². The molecule has 0 amide bonds. The van der Waals surface area contributed by atoms with Crippen LogP contribution in [0.2, 0.25) is 0 Å². The van der Waals surface area contributed by atoms with Gasteiger partial charge in [0.05, 0.1) is 18.5 Å². The van der Waals surface area contributed by atoms with E-state index in [1.165, 1.54) is 6.20 Å². The van der Waals surface area contributed by atoms with E-state index in [1.54, 1.807) is 0 Å². The first kappa shape index (κ1) is 16.0. The zero-order valence-corrected chi connectivity index (χ0v) is 11.9. The van der Waals surface area contributed by atoms with Crippen molar-refractivity contribution in [3.8, 4) is 0 Å². The highest BCUT2D eigenvalue weighted by Crippen LogP contribution is 2.22. The largest absolute Gasteiger partial charge is 0.313 e. The Morgan fingerprint density at radius 3 is 2.68 bits per heavy atom. The Bertz CT molecular complexity index is 500. The highest BCUT2D eigenvalue weighted by atomic mass is 32.2. The zero-order valence-electron chi connectivity index (χ0n) is 11.1. The number of alkyl halides is 2. The molecule has 5 nitrogen and oxygen atoms in total. The second-order valence-electron chi connectivity index (χ2n) is 4.39. The van der Waals surface area contributed by atoms with Crippen LogP contribution in [-0.4, -0.2) is 36.8 Å². The van der Waals surface area contributed by atoms with Gasteiger partial charge in [-0.05, 0) is 13.0 Å². The molecule has 110 valence electrons. The van der Waals surface area contributed by atoms with Crippen molar-refractivity contribution in [1.29, 1.82) is 0 Å². The van der Waals surface area contributed by atoms with E-state index in [4.69, 9.17) is 0 Å². The van der Waals surface area contributed by atoms with E-state index < -0.39 is 16.3 Å². The molecule has 1 N–H and O–H groups in total. The normalized spacial score (nSPS) is 12.3. The number of hydrogen-bond donors (Lipinski definition) is 1. The van der Waals surface area contributed by atoms with Crippen LogP contribution in [0.25, 0.3) is 0 Å². The van der Waals surface area contributed by atoms with Gasteiger partial charge in [0.1, 0.15) is 15.5 Å². The van der Waals surface area contributed by atoms with Crippen LogP contribution in [0, 0.1) is 0 Å². The van der Waals surface area contributed by atoms with E-state index in [-0.39, 0.29) is 18.0 Å². The number of hydrogen-bond acceptors (Lipinski definition) is 4. The van der Waals surface area contributed by atoms with Crippen LogP contribution in [0.4, 0.5) is 8.78 Å². The van der Waals surface area contributed by atoms with Crippen molar-refractivity contribution < 1.29 is 17.2 Å². The first-order valence-corrected chi connectivity index (χ1v) is 8.12. The highest BCUT2D eigenvalue weighted by Gasteiger charge is 2.20. The molecule has 0 saturated carbocycles. The summed E-state index contributed by atoms with van der Waals surface area (Å²) >= 11 is 0. The van der Waals surface area contributed by atoms with Crippen LogP contribution in [-0.2, 0) is 22.9 Å². The molecule has 0 aromatic carbocycles. The van der Waals surface area contributed by atoms with Crippen LogP contribution < -0.4 is 5.32 Å². The molecule has 19 heavy (non-hydrogen) atoms. The molecule has 0 unspecified atom stereocenters. The van der Waals surface area contributed by atoms with Gasteiger partial charge in [-0.3, -0.25) is 4.68 Å². The summed E-state index contributed by atoms with van der Waals surface area (Å²) in [6.45, 7) is 2.98. The molecule has 0 saturated heterocycles. The van der Waals surface area contributed by atoms with E-state index in [1.807, 2.05) is 6.92 Å². The Hall–Kier alpha value is -1.02. The van der Waals surface area contributed by atoms with Gasteiger partial charge in [0.2, 0.25) is 0 Å². The maximum Gasteiger partial charge on any atom is 0.280 e. The van der Waals surface area contributed by atoms with E-state index in [9.17, 15) is 17.2 Å². The average molecular weight is 295 g/mol. The summed E-state index contributed by atoms with van der Waals surface area (Å²) in [5.74, 6) is -0.198. The van der Waals surface area contributed by atoms with Crippen LogP contribution in [0.15, 0.2) is 6.20 Å². The van der Waals surface area contributed by atoms with Crippen molar-refractivity contribution >= 4 is 9.84 Å². The minimum Gasteiger partial charge on any atom is -0.313 e. The zero-order chi connectivity index (χ0) is 14.5. The Morgan fingerprint density at radius 2 is 2.16 bits per heavy atom. The van der Waals surface area contributed by atoms with Crippen LogP contribution >= 0.6 is 0 Å². The maximum absolute atomic E-state index is 13.0. The third kappa shape index (κ3) is 5.23. The molecule has 1 heterocycles. The molecule has 0 spiro atoms. The summed E-state index contributed by atoms with van der Waals surface area (Å²) in [7, 11) is -3.20. The number of aromatic nitrogens is 2. The van der Waals surface area contributed by atoms with Crippen molar-refractivity contribution in [3.05, 3.63) is 17.5 Å². The average Bonchev–Trinajstić information content (AvgIpc) is 2.69. The molecule has 0 aliphatic rings. The first-order chi connectivity index (χ1) is 8.85. The third-order valence-corrected chi connectivity index (χ3v) is 3.51. The second-order valence-corrected chi connectivity index (χ2v) is 6.65. The van der Waals surface area contributed by atoms with Gasteiger partial charge in [0.25, 0.3) is 6.43 Å². The van der Waals surface area contributed by atoms with Gasteiger partial charge < -0.3 is 5.32 Å².